The van der Waals surface area contributed by atoms with Gasteiger partial charge in [0, 0.05) is 6.54 Å². The molecule has 0 spiro atoms. The molecule has 0 saturated heterocycles. The predicted octanol–water partition coefficient (Wildman–Crippen LogP) is 1.50. The minimum atomic E-state index is -0.263. The minimum absolute atomic E-state index is 0.00641. The first-order valence-corrected chi connectivity index (χ1v) is 6.14. The zero-order valence-electron chi connectivity index (χ0n) is 10.4. The Morgan fingerprint density at radius 2 is 2.00 bits per heavy atom. The highest BCUT2D eigenvalue weighted by Crippen LogP contribution is 2.38. The van der Waals surface area contributed by atoms with Gasteiger partial charge in [0.1, 0.15) is 0 Å². The van der Waals surface area contributed by atoms with Crippen LogP contribution in [-0.4, -0.2) is 18.5 Å². The van der Waals surface area contributed by atoms with Crippen molar-refractivity contribution in [2.75, 3.05) is 6.61 Å². The Labute approximate surface area is 106 Å². The minimum Gasteiger partial charge on any atom is -0.455 e. The molecule has 0 unspecified atom stereocenters. The van der Waals surface area contributed by atoms with Crippen LogP contribution in [0.2, 0.25) is 0 Å². The highest BCUT2D eigenvalue weighted by atomic mass is 16.5. The molecule has 0 heterocycles. The number of esters is 1. The van der Waals surface area contributed by atoms with Gasteiger partial charge in [0.2, 0.25) is 0 Å². The van der Waals surface area contributed by atoms with Crippen LogP contribution in [0.3, 0.4) is 0 Å². The van der Waals surface area contributed by atoms with Crippen LogP contribution in [0, 0.1) is 11.8 Å². The van der Waals surface area contributed by atoms with Crippen LogP contribution in [0.5, 0.6) is 0 Å². The summed E-state index contributed by atoms with van der Waals surface area (Å²) in [5.74, 6) is -0.102. The van der Waals surface area contributed by atoms with Crippen LogP contribution in [0.25, 0.3) is 0 Å². The third kappa shape index (κ3) is 3.58. The fourth-order valence-corrected chi connectivity index (χ4v) is 1.74. The molecule has 4 nitrogen and oxygen atoms in total. The fourth-order valence-electron chi connectivity index (χ4n) is 1.74. The molecule has 1 N–H and O–H groups in total. The van der Waals surface area contributed by atoms with E-state index in [0.717, 1.165) is 12.0 Å². The van der Waals surface area contributed by atoms with Gasteiger partial charge in [0.15, 0.2) is 6.61 Å². The van der Waals surface area contributed by atoms with Gasteiger partial charge >= 0.3 is 5.97 Å². The maximum Gasteiger partial charge on any atom is 0.309 e. The highest BCUT2D eigenvalue weighted by Gasteiger charge is 2.40. The van der Waals surface area contributed by atoms with Crippen LogP contribution < -0.4 is 5.32 Å². The van der Waals surface area contributed by atoms with Gasteiger partial charge in [0.05, 0.1) is 5.92 Å². The van der Waals surface area contributed by atoms with E-state index in [1.807, 2.05) is 37.3 Å². The Morgan fingerprint density at radius 1 is 1.33 bits per heavy atom. The molecule has 1 aliphatic rings. The van der Waals surface area contributed by atoms with Gasteiger partial charge in [-0.15, -0.1) is 0 Å². The first kappa shape index (κ1) is 12.6. The largest absolute Gasteiger partial charge is 0.455 e. The number of nitrogens with one attached hydrogen (secondary N) is 1. The Morgan fingerprint density at radius 3 is 2.61 bits per heavy atom. The summed E-state index contributed by atoms with van der Waals surface area (Å²) in [7, 11) is 0. The quantitative estimate of drug-likeness (QED) is 0.802. The molecule has 0 aliphatic heterocycles. The van der Waals surface area contributed by atoms with Gasteiger partial charge in [-0.1, -0.05) is 37.3 Å². The van der Waals surface area contributed by atoms with Crippen molar-refractivity contribution in [1.29, 1.82) is 0 Å². The van der Waals surface area contributed by atoms with E-state index in [1.54, 1.807) is 0 Å². The van der Waals surface area contributed by atoms with E-state index in [4.69, 9.17) is 4.74 Å². The smallest absolute Gasteiger partial charge is 0.309 e. The van der Waals surface area contributed by atoms with Gasteiger partial charge in [-0.2, -0.15) is 0 Å². The van der Waals surface area contributed by atoms with Gasteiger partial charge in [-0.25, -0.2) is 0 Å². The molecule has 1 fully saturated rings. The first-order valence-electron chi connectivity index (χ1n) is 6.14. The van der Waals surface area contributed by atoms with Crippen molar-refractivity contribution < 1.29 is 14.3 Å². The van der Waals surface area contributed by atoms with Crippen LogP contribution >= 0.6 is 0 Å². The summed E-state index contributed by atoms with van der Waals surface area (Å²) in [6, 6.07) is 9.60. The molecule has 1 aromatic carbocycles. The number of hydrogen-bond acceptors (Lipinski definition) is 3. The Bertz CT molecular complexity index is 430. The van der Waals surface area contributed by atoms with E-state index in [1.165, 1.54) is 0 Å². The summed E-state index contributed by atoms with van der Waals surface area (Å²) in [6.07, 6.45) is 0.879. The van der Waals surface area contributed by atoms with Crippen LogP contribution in [-0.2, 0) is 20.9 Å². The van der Waals surface area contributed by atoms with Gasteiger partial charge in [-0.05, 0) is 17.9 Å². The second-order valence-electron chi connectivity index (χ2n) is 4.69. The van der Waals surface area contributed by atoms with Crippen molar-refractivity contribution in [3.05, 3.63) is 35.9 Å². The SMILES string of the molecule is C[C@H]1C[C@@H]1C(=O)OCC(=O)NCc1ccccc1. The summed E-state index contributed by atoms with van der Waals surface area (Å²) < 4.78 is 4.94. The van der Waals surface area contributed by atoms with E-state index in [9.17, 15) is 9.59 Å². The molecule has 0 bridgehead atoms. The van der Waals surface area contributed by atoms with Crippen molar-refractivity contribution in [2.45, 2.75) is 19.9 Å². The molecule has 1 amide bonds. The average Bonchev–Trinajstić information content (AvgIpc) is 3.12. The lowest BCUT2D eigenvalue weighted by Crippen LogP contribution is -2.28. The first-order chi connectivity index (χ1) is 8.66. The second kappa shape index (κ2) is 5.67. The highest BCUT2D eigenvalue weighted by molar-refractivity contribution is 5.82. The van der Waals surface area contributed by atoms with Crippen LogP contribution in [0.4, 0.5) is 0 Å². The summed E-state index contributed by atoms with van der Waals surface area (Å²) >= 11 is 0. The molecular formula is C14H17NO3. The predicted molar refractivity (Wildman–Crippen MR) is 66.5 cm³/mol. The monoisotopic (exact) mass is 247 g/mol. The third-order valence-corrected chi connectivity index (χ3v) is 3.09. The fraction of sp³-hybridized carbons (Fsp3) is 0.429. The zero-order valence-corrected chi connectivity index (χ0v) is 10.4. The van der Waals surface area contributed by atoms with E-state index in [-0.39, 0.29) is 24.4 Å². The van der Waals surface area contributed by atoms with E-state index in [2.05, 4.69) is 5.32 Å². The standard InChI is InChI=1S/C14H17NO3/c1-10-7-12(10)14(17)18-9-13(16)15-8-11-5-3-2-4-6-11/h2-6,10,12H,7-9H2,1H3,(H,15,16)/t10-,12-/m0/s1. The normalized spacial score (nSPS) is 21.2. The van der Waals surface area contributed by atoms with E-state index in [0.29, 0.717) is 12.5 Å². The number of ether oxygens (including phenoxy) is 1. The number of hydrogen-bond donors (Lipinski definition) is 1. The number of amides is 1. The molecule has 1 aromatic rings. The molecule has 1 saturated carbocycles. The second-order valence-corrected chi connectivity index (χ2v) is 4.69. The average molecular weight is 247 g/mol. The van der Waals surface area contributed by atoms with Gasteiger partial charge in [0.25, 0.3) is 5.91 Å². The lowest BCUT2D eigenvalue weighted by molar-refractivity contribution is -0.150. The summed E-state index contributed by atoms with van der Waals surface area (Å²) in [5, 5.41) is 2.71. The molecule has 1 aliphatic carbocycles. The van der Waals surface area contributed by atoms with Crippen LogP contribution in [0.1, 0.15) is 18.9 Å². The summed E-state index contributed by atoms with van der Waals surface area (Å²) in [5.41, 5.74) is 1.02. The summed E-state index contributed by atoms with van der Waals surface area (Å²) in [4.78, 5) is 22.8. The van der Waals surface area contributed by atoms with Crippen molar-refractivity contribution >= 4 is 11.9 Å². The lowest BCUT2D eigenvalue weighted by atomic mass is 10.2. The number of benzene rings is 1. The third-order valence-electron chi connectivity index (χ3n) is 3.09. The topological polar surface area (TPSA) is 55.4 Å². The number of carbonyl (C=O) groups excluding carboxylic acids is 2. The van der Waals surface area contributed by atoms with Crippen molar-refractivity contribution in [3.8, 4) is 0 Å². The Balaban J connectivity index is 1.65. The Hall–Kier alpha value is -1.84. The van der Waals surface area contributed by atoms with Gasteiger partial charge < -0.3 is 10.1 Å². The number of carbonyl (C=O) groups is 2. The maximum atomic E-state index is 11.5. The van der Waals surface area contributed by atoms with Crippen LogP contribution in [0.15, 0.2) is 30.3 Å². The molecule has 4 heteroatoms. The number of rotatable bonds is 5. The van der Waals surface area contributed by atoms with Crippen molar-refractivity contribution in [3.63, 3.8) is 0 Å². The lowest BCUT2D eigenvalue weighted by Gasteiger charge is -2.06. The molecule has 96 valence electrons. The molecular weight excluding hydrogens is 230 g/mol. The summed E-state index contributed by atoms with van der Waals surface area (Å²) in [6.45, 7) is 2.27. The molecule has 18 heavy (non-hydrogen) atoms. The van der Waals surface area contributed by atoms with Crippen molar-refractivity contribution in [1.82, 2.24) is 5.32 Å². The zero-order chi connectivity index (χ0) is 13.0. The molecule has 0 radical (unpaired) electrons. The Kier molecular flexibility index (Phi) is 3.97. The molecule has 0 aromatic heterocycles. The maximum absolute atomic E-state index is 11.5. The van der Waals surface area contributed by atoms with E-state index >= 15 is 0 Å². The van der Waals surface area contributed by atoms with E-state index < -0.39 is 0 Å². The van der Waals surface area contributed by atoms with Crippen molar-refractivity contribution in [2.24, 2.45) is 11.8 Å². The molecule has 2 atom stereocenters. The van der Waals surface area contributed by atoms with Gasteiger partial charge in [-0.3, -0.25) is 9.59 Å². The molecule has 2 rings (SSSR count).